The summed E-state index contributed by atoms with van der Waals surface area (Å²) in [4.78, 5) is 12.5. The fraction of sp³-hybridized carbons (Fsp3) is 0.286. The summed E-state index contributed by atoms with van der Waals surface area (Å²) in [7, 11) is 0. The third-order valence-electron chi connectivity index (χ3n) is 5.53. The van der Waals surface area contributed by atoms with E-state index in [0.717, 1.165) is 23.3 Å². The Morgan fingerprint density at radius 1 is 0.875 bits per heavy atom. The Morgan fingerprint density at radius 3 is 2.03 bits per heavy atom. The standard InChI is InChI=1S/C28H29NO3/c1-3-5-6-21(4-2)20-31-26-15-13-25(14-16-26)28(30)32-27-17-11-24(12-18-27)23-9-7-22(19-29)8-10-23/h7-18,21H,3-6,20H2,1-2H3. The fourth-order valence-electron chi connectivity index (χ4n) is 3.42. The molecule has 0 aliphatic rings. The summed E-state index contributed by atoms with van der Waals surface area (Å²) in [5.74, 6) is 1.40. The maximum atomic E-state index is 12.5. The maximum Gasteiger partial charge on any atom is 0.343 e. The Kier molecular flexibility index (Phi) is 8.45. The van der Waals surface area contributed by atoms with Crippen LogP contribution in [0.3, 0.4) is 0 Å². The molecule has 3 aromatic carbocycles. The lowest BCUT2D eigenvalue weighted by Gasteiger charge is -2.15. The van der Waals surface area contributed by atoms with Gasteiger partial charge in [-0.1, -0.05) is 57.4 Å². The first-order chi connectivity index (χ1) is 15.6. The molecule has 0 radical (unpaired) electrons. The van der Waals surface area contributed by atoms with Gasteiger partial charge in [0.15, 0.2) is 0 Å². The highest BCUT2D eigenvalue weighted by Gasteiger charge is 2.11. The normalized spacial score (nSPS) is 11.4. The van der Waals surface area contributed by atoms with Crippen LogP contribution in [0.2, 0.25) is 0 Å². The second kappa shape index (κ2) is 11.7. The molecule has 0 saturated heterocycles. The highest BCUT2D eigenvalue weighted by molar-refractivity contribution is 5.91. The van der Waals surface area contributed by atoms with Crippen molar-refractivity contribution < 1.29 is 14.3 Å². The van der Waals surface area contributed by atoms with Crippen LogP contribution in [-0.4, -0.2) is 12.6 Å². The quantitative estimate of drug-likeness (QED) is 0.257. The Bertz CT molecular complexity index is 1030. The smallest absolute Gasteiger partial charge is 0.343 e. The molecular weight excluding hydrogens is 398 g/mol. The SMILES string of the molecule is CCCCC(CC)COc1ccc(C(=O)Oc2ccc(-c3ccc(C#N)cc3)cc2)cc1. The van der Waals surface area contributed by atoms with Gasteiger partial charge in [0.2, 0.25) is 0 Å². The molecular formula is C28H29NO3. The number of carbonyl (C=O) groups is 1. The minimum Gasteiger partial charge on any atom is -0.493 e. The molecule has 0 saturated carbocycles. The zero-order valence-electron chi connectivity index (χ0n) is 18.7. The lowest BCUT2D eigenvalue weighted by molar-refractivity contribution is 0.0734. The number of hydrogen-bond acceptors (Lipinski definition) is 4. The molecule has 0 bridgehead atoms. The molecule has 1 atom stereocenters. The van der Waals surface area contributed by atoms with E-state index < -0.39 is 5.97 Å². The summed E-state index contributed by atoms with van der Waals surface area (Å²) >= 11 is 0. The number of nitrogens with zero attached hydrogens (tertiary/aromatic N) is 1. The van der Waals surface area contributed by atoms with E-state index in [0.29, 0.717) is 29.4 Å². The zero-order valence-corrected chi connectivity index (χ0v) is 18.7. The number of nitriles is 1. The van der Waals surface area contributed by atoms with Crippen molar-refractivity contribution in [2.24, 2.45) is 5.92 Å². The molecule has 0 heterocycles. The largest absolute Gasteiger partial charge is 0.493 e. The molecule has 0 amide bonds. The van der Waals surface area contributed by atoms with Crippen LogP contribution in [0, 0.1) is 17.2 Å². The molecule has 1 unspecified atom stereocenters. The van der Waals surface area contributed by atoms with Crippen LogP contribution in [0.4, 0.5) is 0 Å². The second-order valence-corrected chi connectivity index (χ2v) is 7.85. The van der Waals surface area contributed by atoms with Crippen LogP contribution in [0.1, 0.15) is 55.5 Å². The molecule has 3 aromatic rings. The van der Waals surface area contributed by atoms with Gasteiger partial charge in [-0.05, 0) is 72.0 Å². The van der Waals surface area contributed by atoms with Crippen molar-refractivity contribution in [3.8, 4) is 28.7 Å². The molecule has 3 rings (SSSR count). The van der Waals surface area contributed by atoms with Gasteiger partial charge < -0.3 is 9.47 Å². The molecule has 0 spiro atoms. The first-order valence-electron chi connectivity index (χ1n) is 11.2. The summed E-state index contributed by atoms with van der Waals surface area (Å²) < 4.78 is 11.4. The average Bonchev–Trinajstić information content (AvgIpc) is 2.85. The van der Waals surface area contributed by atoms with Crippen molar-refractivity contribution in [3.63, 3.8) is 0 Å². The van der Waals surface area contributed by atoms with Crippen molar-refractivity contribution >= 4 is 5.97 Å². The van der Waals surface area contributed by atoms with Crippen LogP contribution in [-0.2, 0) is 0 Å². The predicted molar refractivity (Wildman–Crippen MR) is 127 cm³/mol. The van der Waals surface area contributed by atoms with Gasteiger partial charge in [0.05, 0.1) is 23.8 Å². The van der Waals surface area contributed by atoms with E-state index in [1.165, 1.54) is 19.3 Å². The Hall–Kier alpha value is -3.58. The van der Waals surface area contributed by atoms with Crippen LogP contribution in [0.5, 0.6) is 11.5 Å². The number of benzene rings is 3. The van der Waals surface area contributed by atoms with Gasteiger partial charge in [-0.25, -0.2) is 4.79 Å². The third-order valence-corrected chi connectivity index (χ3v) is 5.53. The zero-order chi connectivity index (χ0) is 22.8. The van der Waals surface area contributed by atoms with Crippen LogP contribution >= 0.6 is 0 Å². The van der Waals surface area contributed by atoms with E-state index in [-0.39, 0.29) is 0 Å². The van der Waals surface area contributed by atoms with E-state index >= 15 is 0 Å². The lowest BCUT2D eigenvalue weighted by atomic mass is 10.0. The summed E-state index contributed by atoms with van der Waals surface area (Å²) in [6.45, 7) is 5.10. The summed E-state index contributed by atoms with van der Waals surface area (Å²) in [6.07, 6.45) is 4.71. The van der Waals surface area contributed by atoms with Crippen molar-refractivity contribution in [2.45, 2.75) is 39.5 Å². The van der Waals surface area contributed by atoms with Gasteiger partial charge in [-0.2, -0.15) is 5.26 Å². The summed E-state index contributed by atoms with van der Waals surface area (Å²) in [5.41, 5.74) is 3.08. The Morgan fingerprint density at radius 2 is 1.47 bits per heavy atom. The van der Waals surface area contributed by atoms with E-state index in [4.69, 9.17) is 14.7 Å². The highest BCUT2D eigenvalue weighted by atomic mass is 16.5. The minimum atomic E-state index is -0.406. The molecule has 0 aliphatic heterocycles. The predicted octanol–water partition coefficient (Wildman–Crippen LogP) is 7.04. The second-order valence-electron chi connectivity index (χ2n) is 7.85. The maximum absolute atomic E-state index is 12.5. The van der Waals surface area contributed by atoms with E-state index in [1.807, 2.05) is 36.4 Å². The van der Waals surface area contributed by atoms with Gasteiger partial charge in [0, 0.05) is 0 Å². The van der Waals surface area contributed by atoms with Gasteiger partial charge in [-0.3, -0.25) is 0 Å². The monoisotopic (exact) mass is 427 g/mol. The molecule has 4 nitrogen and oxygen atoms in total. The van der Waals surface area contributed by atoms with Crippen molar-refractivity contribution in [2.75, 3.05) is 6.61 Å². The van der Waals surface area contributed by atoms with E-state index in [2.05, 4.69) is 19.9 Å². The van der Waals surface area contributed by atoms with Gasteiger partial charge >= 0.3 is 5.97 Å². The molecule has 0 aliphatic carbocycles. The Balaban J connectivity index is 1.55. The first-order valence-corrected chi connectivity index (χ1v) is 11.2. The number of esters is 1. The number of rotatable bonds is 10. The molecule has 0 fully saturated rings. The minimum absolute atomic E-state index is 0.406. The van der Waals surface area contributed by atoms with Crippen LogP contribution in [0.25, 0.3) is 11.1 Å². The van der Waals surface area contributed by atoms with Crippen molar-refractivity contribution in [1.29, 1.82) is 5.26 Å². The van der Waals surface area contributed by atoms with Crippen LogP contribution < -0.4 is 9.47 Å². The van der Waals surface area contributed by atoms with Gasteiger partial charge in [0.25, 0.3) is 0 Å². The fourth-order valence-corrected chi connectivity index (χ4v) is 3.42. The molecule has 4 heteroatoms. The molecule has 0 N–H and O–H groups in total. The Labute approximate surface area is 190 Å². The molecule has 0 aromatic heterocycles. The molecule has 164 valence electrons. The van der Waals surface area contributed by atoms with Crippen molar-refractivity contribution in [3.05, 3.63) is 83.9 Å². The van der Waals surface area contributed by atoms with E-state index in [1.54, 1.807) is 36.4 Å². The topological polar surface area (TPSA) is 59.3 Å². The highest BCUT2D eigenvalue weighted by Crippen LogP contribution is 2.24. The van der Waals surface area contributed by atoms with Crippen LogP contribution in [0.15, 0.2) is 72.8 Å². The van der Waals surface area contributed by atoms with E-state index in [9.17, 15) is 4.79 Å². The van der Waals surface area contributed by atoms with Gasteiger partial charge in [0.1, 0.15) is 11.5 Å². The lowest BCUT2D eigenvalue weighted by Crippen LogP contribution is -2.12. The summed E-state index contributed by atoms with van der Waals surface area (Å²) in [6, 6.07) is 23.9. The third kappa shape index (κ3) is 6.46. The number of carbonyl (C=O) groups excluding carboxylic acids is 1. The number of ether oxygens (including phenoxy) is 2. The average molecular weight is 428 g/mol. The first kappa shape index (κ1) is 23.1. The van der Waals surface area contributed by atoms with Gasteiger partial charge in [-0.15, -0.1) is 0 Å². The summed E-state index contributed by atoms with van der Waals surface area (Å²) in [5, 5.41) is 8.91. The molecule has 32 heavy (non-hydrogen) atoms. The van der Waals surface area contributed by atoms with Crippen molar-refractivity contribution in [1.82, 2.24) is 0 Å². The number of unbranched alkanes of at least 4 members (excludes halogenated alkanes) is 1. The number of hydrogen-bond donors (Lipinski definition) is 0.